The molecule has 2 atom stereocenters. The molecule has 8 heteroatoms. The Hall–Kier alpha value is 0.01000. The van der Waals surface area contributed by atoms with Crippen LogP contribution in [-0.2, 0) is 16.6 Å². The lowest BCUT2D eigenvalue weighted by molar-refractivity contribution is 0.0790. The minimum absolute atomic E-state index is 0.157. The monoisotopic (exact) mass is 382 g/mol. The maximum Gasteiger partial charge on any atom is 0.255 e. The van der Waals surface area contributed by atoms with Gasteiger partial charge in [-0.05, 0) is 48.7 Å². The van der Waals surface area contributed by atoms with E-state index in [0.29, 0.717) is 8.66 Å². The van der Waals surface area contributed by atoms with Crippen LogP contribution in [0.3, 0.4) is 0 Å². The molecule has 0 saturated carbocycles. The summed E-state index contributed by atoms with van der Waals surface area (Å²) >= 11 is 4.49. The van der Waals surface area contributed by atoms with Gasteiger partial charge in [0.15, 0.2) is 0 Å². The summed E-state index contributed by atoms with van der Waals surface area (Å²) in [6, 6.07) is 1.88. The van der Waals surface area contributed by atoms with Crippen LogP contribution in [0.25, 0.3) is 0 Å². The Balaban J connectivity index is 2.24. The van der Waals surface area contributed by atoms with E-state index in [4.69, 9.17) is 5.11 Å². The fourth-order valence-corrected chi connectivity index (χ4v) is 6.23. The first-order chi connectivity index (χ1) is 9.35. The third-order valence-electron chi connectivity index (χ3n) is 3.57. The van der Waals surface area contributed by atoms with Gasteiger partial charge in [0.25, 0.3) is 10.0 Å². The summed E-state index contributed by atoms with van der Waals surface area (Å²) in [5, 5.41) is 10.9. The molecule has 1 saturated heterocycles. The van der Waals surface area contributed by atoms with E-state index in [1.165, 1.54) is 17.4 Å². The van der Waals surface area contributed by atoms with Crippen LogP contribution in [0.4, 0.5) is 0 Å². The molecule has 2 unspecified atom stereocenters. The molecule has 0 radical (unpaired) electrons. The fraction of sp³-hybridized carbons (Fsp3) is 0.667. The number of rotatable bonds is 4. The molecule has 0 aromatic carbocycles. The summed E-state index contributed by atoms with van der Waals surface area (Å²) in [5.74, 6) is 0. The predicted molar refractivity (Wildman–Crippen MR) is 82.9 cm³/mol. The molecular weight excluding hydrogens is 364 g/mol. The Labute approximate surface area is 132 Å². The molecule has 0 spiro atoms. The lowest BCUT2D eigenvalue weighted by atomic mass is 10.0. The maximum absolute atomic E-state index is 12.5. The van der Waals surface area contributed by atoms with E-state index >= 15 is 0 Å². The first-order valence-corrected chi connectivity index (χ1v) is 9.64. The molecule has 1 aliphatic rings. The van der Waals surface area contributed by atoms with E-state index < -0.39 is 10.0 Å². The highest BCUT2D eigenvalue weighted by Crippen LogP contribution is 2.32. The van der Waals surface area contributed by atoms with Crippen LogP contribution in [0.15, 0.2) is 14.7 Å². The highest BCUT2D eigenvalue weighted by molar-refractivity contribution is 9.11. The zero-order chi connectivity index (χ0) is 14.9. The van der Waals surface area contributed by atoms with E-state index in [2.05, 4.69) is 20.8 Å². The average molecular weight is 383 g/mol. The van der Waals surface area contributed by atoms with Gasteiger partial charge in [-0.3, -0.25) is 0 Å². The number of thiophene rings is 1. The number of halogens is 1. The first kappa shape index (κ1) is 16.4. The summed E-state index contributed by atoms with van der Waals surface area (Å²) in [4.78, 5) is 3.50. The van der Waals surface area contributed by atoms with Crippen LogP contribution in [0.1, 0.15) is 38.0 Å². The molecule has 1 aromatic rings. The molecule has 2 N–H and O–H groups in total. The Kier molecular flexibility index (Phi) is 5.25. The molecular formula is C12H19BrN2O3S2. The standard InChI is InChI=1S/C12H19BrN2O3S2/c1-8-4-3-5-9(2)15(8)14-20(17,18)11-6-10(7-16)19-12(11)13/h6,8-9,14,16H,3-5,7H2,1-2H3. The van der Waals surface area contributed by atoms with E-state index in [-0.39, 0.29) is 23.6 Å². The molecule has 1 fully saturated rings. The van der Waals surface area contributed by atoms with Crippen LogP contribution in [-0.4, -0.2) is 30.6 Å². The van der Waals surface area contributed by atoms with Crippen LogP contribution in [0, 0.1) is 0 Å². The number of hydrogen-bond donors (Lipinski definition) is 2. The molecule has 2 rings (SSSR count). The second kappa shape index (κ2) is 6.41. The number of aliphatic hydroxyl groups excluding tert-OH is 1. The molecule has 1 aliphatic heterocycles. The van der Waals surface area contributed by atoms with Gasteiger partial charge < -0.3 is 5.11 Å². The number of sulfonamides is 1. The van der Waals surface area contributed by atoms with Crippen molar-refractivity contribution in [2.75, 3.05) is 0 Å². The van der Waals surface area contributed by atoms with Gasteiger partial charge in [0.1, 0.15) is 4.90 Å². The minimum atomic E-state index is -3.62. The number of nitrogens with zero attached hydrogens (tertiary/aromatic N) is 1. The third-order valence-corrected chi connectivity index (χ3v) is 7.14. The van der Waals surface area contributed by atoms with Gasteiger partial charge in [0, 0.05) is 17.0 Å². The van der Waals surface area contributed by atoms with Crippen molar-refractivity contribution in [3.63, 3.8) is 0 Å². The summed E-state index contributed by atoms with van der Waals surface area (Å²) in [6.45, 7) is 3.90. The van der Waals surface area contributed by atoms with Gasteiger partial charge in [-0.15, -0.1) is 16.2 Å². The lowest BCUT2D eigenvalue weighted by Gasteiger charge is -2.38. The van der Waals surface area contributed by atoms with Crippen molar-refractivity contribution in [3.05, 3.63) is 14.7 Å². The van der Waals surface area contributed by atoms with Crippen molar-refractivity contribution in [1.82, 2.24) is 9.84 Å². The van der Waals surface area contributed by atoms with Gasteiger partial charge >= 0.3 is 0 Å². The fourth-order valence-electron chi connectivity index (χ4n) is 2.45. The van der Waals surface area contributed by atoms with Crippen molar-refractivity contribution < 1.29 is 13.5 Å². The Bertz CT molecular complexity index is 563. The van der Waals surface area contributed by atoms with E-state index in [1.807, 2.05) is 18.9 Å². The maximum atomic E-state index is 12.5. The smallest absolute Gasteiger partial charge is 0.255 e. The van der Waals surface area contributed by atoms with Crippen molar-refractivity contribution >= 4 is 37.3 Å². The quantitative estimate of drug-likeness (QED) is 0.838. The van der Waals surface area contributed by atoms with Gasteiger partial charge in [0.2, 0.25) is 0 Å². The highest BCUT2D eigenvalue weighted by Gasteiger charge is 2.30. The van der Waals surface area contributed by atoms with E-state index in [1.54, 1.807) is 0 Å². The van der Waals surface area contributed by atoms with Crippen LogP contribution in [0.2, 0.25) is 0 Å². The average Bonchev–Trinajstić information content (AvgIpc) is 2.76. The summed E-state index contributed by atoms with van der Waals surface area (Å²) in [7, 11) is -3.62. The third kappa shape index (κ3) is 3.42. The van der Waals surface area contributed by atoms with Crippen molar-refractivity contribution in [2.24, 2.45) is 0 Å². The molecule has 114 valence electrons. The van der Waals surface area contributed by atoms with Gasteiger partial charge in [-0.2, -0.15) is 0 Å². The van der Waals surface area contributed by atoms with Crippen molar-refractivity contribution in [2.45, 2.75) is 56.7 Å². The highest BCUT2D eigenvalue weighted by atomic mass is 79.9. The number of aliphatic hydroxyl groups is 1. The van der Waals surface area contributed by atoms with Crippen LogP contribution >= 0.6 is 27.3 Å². The molecule has 0 amide bonds. The molecule has 0 aliphatic carbocycles. The summed E-state index contributed by atoms with van der Waals surface area (Å²) in [6.07, 6.45) is 3.09. The van der Waals surface area contributed by atoms with Crippen molar-refractivity contribution in [3.8, 4) is 0 Å². The normalized spacial score (nSPS) is 25.0. The molecule has 20 heavy (non-hydrogen) atoms. The molecule has 1 aromatic heterocycles. The zero-order valence-electron chi connectivity index (χ0n) is 11.5. The first-order valence-electron chi connectivity index (χ1n) is 6.55. The van der Waals surface area contributed by atoms with Crippen LogP contribution < -0.4 is 4.83 Å². The molecule has 5 nitrogen and oxygen atoms in total. The van der Waals surface area contributed by atoms with E-state index in [9.17, 15) is 8.42 Å². The molecule has 2 heterocycles. The Morgan fingerprint density at radius 2 is 2.05 bits per heavy atom. The van der Waals surface area contributed by atoms with Gasteiger partial charge in [-0.1, -0.05) is 6.42 Å². The number of hydrazine groups is 1. The SMILES string of the molecule is CC1CCCC(C)N1NS(=O)(=O)c1cc(CO)sc1Br. The largest absolute Gasteiger partial charge is 0.391 e. The summed E-state index contributed by atoms with van der Waals surface area (Å²) in [5.41, 5.74) is 0. The zero-order valence-corrected chi connectivity index (χ0v) is 14.7. The lowest BCUT2D eigenvalue weighted by Crippen LogP contribution is -2.53. The second-order valence-corrected chi connectivity index (χ2v) is 9.22. The Morgan fingerprint density at radius 3 is 2.55 bits per heavy atom. The number of nitrogens with one attached hydrogen (secondary N) is 1. The number of hydrogen-bond acceptors (Lipinski definition) is 5. The summed E-state index contributed by atoms with van der Waals surface area (Å²) < 4.78 is 25.5. The van der Waals surface area contributed by atoms with E-state index in [0.717, 1.165) is 19.3 Å². The van der Waals surface area contributed by atoms with Crippen LogP contribution in [0.5, 0.6) is 0 Å². The second-order valence-electron chi connectivity index (χ2n) is 5.14. The van der Waals surface area contributed by atoms with Gasteiger partial charge in [0.05, 0.1) is 10.4 Å². The minimum Gasteiger partial charge on any atom is -0.391 e. The van der Waals surface area contributed by atoms with Crippen molar-refractivity contribution in [1.29, 1.82) is 0 Å². The molecule has 0 bridgehead atoms. The van der Waals surface area contributed by atoms with Gasteiger partial charge in [-0.25, -0.2) is 13.4 Å². The Morgan fingerprint density at radius 1 is 1.45 bits per heavy atom. The predicted octanol–water partition coefficient (Wildman–Crippen LogP) is 2.46. The topological polar surface area (TPSA) is 69.6 Å². The number of piperidine rings is 1.